The van der Waals surface area contributed by atoms with E-state index >= 15 is 0 Å². The monoisotopic (exact) mass is 516 g/mol. The number of sulfone groups is 1. The van der Waals surface area contributed by atoms with E-state index in [0.29, 0.717) is 39.6 Å². The number of thiazole rings is 1. The van der Waals surface area contributed by atoms with Gasteiger partial charge in [-0.15, -0.1) is 11.3 Å². The Kier molecular flexibility index (Phi) is 6.87. The van der Waals surface area contributed by atoms with Gasteiger partial charge < -0.3 is 9.47 Å². The predicted molar refractivity (Wildman–Crippen MR) is 136 cm³/mol. The summed E-state index contributed by atoms with van der Waals surface area (Å²) >= 11 is 1.35. The number of ether oxygens (including phenoxy) is 2. The molecule has 35 heavy (non-hydrogen) atoms. The molecule has 1 aromatic carbocycles. The summed E-state index contributed by atoms with van der Waals surface area (Å²) in [5.41, 5.74) is 2.01. The van der Waals surface area contributed by atoms with Crippen LogP contribution < -0.4 is 5.32 Å². The van der Waals surface area contributed by atoms with Gasteiger partial charge in [0.25, 0.3) is 5.91 Å². The summed E-state index contributed by atoms with van der Waals surface area (Å²) in [5, 5.41) is 5.32. The first-order chi connectivity index (χ1) is 16.7. The van der Waals surface area contributed by atoms with E-state index < -0.39 is 15.6 Å². The van der Waals surface area contributed by atoms with E-state index in [1.54, 1.807) is 24.3 Å². The van der Waals surface area contributed by atoms with Crippen molar-refractivity contribution in [3.63, 3.8) is 0 Å². The Morgan fingerprint density at radius 3 is 2.51 bits per heavy atom. The molecule has 5 rings (SSSR count). The van der Waals surface area contributed by atoms with Crippen LogP contribution in [0.3, 0.4) is 0 Å². The third-order valence-electron chi connectivity index (χ3n) is 6.80. The van der Waals surface area contributed by atoms with E-state index in [9.17, 15) is 13.2 Å². The number of anilines is 1. The maximum absolute atomic E-state index is 13.4. The summed E-state index contributed by atoms with van der Waals surface area (Å²) in [6.07, 6.45) is 8.19. The van der Waals surface area contributed by atoms with E-state index in [1.165, 1.54) is 11.3 Å². The van der Waals surface area contributed by atoms with Gasteiger partial charge in [0.15, 0.2) is 20.8 Å². The molecule has 2 aliphatic carbocycles. The molecule has 7 nitrogen and oxygen atoms in total. The molecule has 0 bridgehead atoms. The first-order valence-corrected chi connectivity index (χ1v) is 14.9. The van der Waals surface area contributed by atoms with Crippen LogP contribution in [0.4, 0.5) is 5.13 Å². The number of hydrogen-bond acceptors (Lipinski definition) is 7. The minimum absolute atomic E-state index is 0.205. The minimum atomic E-state index is -3.29. The molecule has 2 saturated carbocycles. The molecule has 1 aliphatic heterocycles. The fourth-order valence-electron chi connectivity index (χ4n) is 4.68. The van der Waals surface area contributed by atoms with Crippen LogP contribution in [0.25, 0.3) is 5.57 Å². The zero-order valence-electron chi connectivity index (χ0n) is 20.2. The van der Waals surface area contributed by atoms with Crippen molar-refractivity contribution in [1.82, 2.24) is 4.98 Å². The maximum atomic E-state index is 13.4. The molecule has 2 heterocycles. The molecule has 1 saturated heterocycles. The first-order valence-electron chi connectivity index (χ1n) is 12.3. The van der Waals surface area contributed by atoms with Crippen molar-refractivity contribution in [1.29, 1.82) is 0 Å². The van der Waals surface area contributed by atoms with Gasteiger partial charge in [-0.2, -0.15) is 0 Å². The summed E-state index contributed by atoms with van der Waals surface area (Å²) in [7, 11) is -3.29. The highest BCUT2D eigenvalue weighted by Crippen LogP contribution is 2.35. The summed E-state index contributed by atoms with van der Waals surface area (Å²) in [5.74, 6) is -0.0504. The van der Waals surface area contributed by atoms with Crippen LogP contribution in [0.1, 0.15) is 69.7 Å². The molecule has 1 aromatic heterocycles. The van der Waals surface area contributed by atoms with Gasteiger partial charge in [0.05, 0.1) is 22.9 Å². The molecule has 0 radical (unpaired) electrons. The topological polar surface area (TPSA) is 94.6 Å². The number of nitrogens with one attached hydrogen (secondary N) is 1. The highest BCUT2D eigenvalue weighted by molar-refractivity contribution is 7.91. The fourth-order valence-corrected chi connectivity index (χ4v) is 7.13. The van der Waals surface area contributed by atoms with Crippen molar-refractivity contribution >= 4 is 37.8 Å². The Labute approximate surface area is 210 Å². The number of allylic oxidation sites excluding steroid dienone is 1. The standard InChI is InChI=1S/C26H32N2O5S2/c1-26(2)32-14-23(33-26)22-15-34-25(27-22)28-24(29)21(13-17-5-3-4-6-17)19-9-11-20(12-10-19)35(30,31)16-18-7-8-18/h9-13,15,17-18,23H,3-8,14,16H2,1-2H3,(H,27,28,29)/b21-13+. The molecule has 1 N–H and O–H groups in total. The molecule has 3 aliphatic rings. The lowest BCUT2D eigenvalue weighted by Gasteiger charge is -2.16. The van der Waals surface area contributed by atoms with Crippen molar-refractivity contribution in [3.05, 3.63) is 47.0 Å². The highest BCUT2D eigenvalue weighted by atomic mass is 32.2. The second-order valence-corrected chi connectivity index (χ2v) is 13.1. The number of hydrogen-bond donors (Lipinski definition) is 1. The van der Waals surface area contributed by atoms with E-state index in [1.807, 2.05) is 25.3 Å². The number of carbonyl (C=O) groups is 1. The Bertz CT molecular complexity index is 1210. The quantitative estimate of drug-likeness (QED) is 0.475. The van der Waals surface area contributed by atoms with E-state index in [2.05, 4.69) is 10.3 Å². The van der Waals surface area contributed by atoms with Crippen molar-refractivity contribution in [2.75, 3.05) is 17.7 Å². The molecule has 3 fully saturated rings. The number of rotatable bonds is 8. The van der Waals surface area contributed by atoms with Gasteiger partial charge in [-0.1, -0.05) is 31.1 Å². The molecule has 2 aromatic rings. The van der Waals surface area contributed by atoms with Gasteiger partial charge >= 0.3 is 0 Å². The van der Waals surface area contributed by atoms with Gasteiger partial charge in [-0.05, 0) is 69.1 Å². The zero-order chi connectivity index (χ0) is 24.6. The van der Waals surface area contributed by atoms with Crippen LogP contribution in [0.15, 0.2) is 40.6 Å². The van der Waals surface area contributed by atoms with Crippen LogP contribution in [0, 0.1) is 11.8 Å². The molecular formula is C26H32N2O5S2. The molecule has 1 amide bonds. The first kappa shape index (κ1) is 24.6. The lowest BCUT2D eigenvalue weighted by molar-refractivity contribution is -0.139. The van der Waals surface area contributed by atoms with E-state index in [-0.39, 0.29) is 17.8 Å². The summed E-state index contributed by atoms with van der Waals surface area (Å²) < 4.78 is 36.8. The Hall–Kier alpha value is -2.07. The van der Waals surface area contributed by atoms with Gasteiger partial charge in [0.2, 0.25) is 0 Å². The van der Waals surface area contributed by atoms with E-state index in [0.717, 1.165) is 44.2 Å². The molecule has 188 valence electrons. The third-order valence-corrected chi connectivity index (χ3v) is 9.48. The second kappa shape index (κ2) is 9.76. The van der Waals surface area contributed by atoms with Crippen molar-refractivity contribution in [2.45, 2.75) is 69.2 Å². The summed E-state index contributed by atoms with van der Waals surface area (Å²) in [6, 6.07) is 6.76. The molecule has 1 atom stereocenters. The summed E-state index contributed by atoms with van der Waals surface area (Å²) in [6.45, 7) is 4.15. The number of aromatic nitrogens is 1. The lowest BCUT2D eigenvalue weighted by Crippen LogP contribution is -2.19. The molecule has 1 unspecified atom stereocenters. The van der Waals surface area contributed by atoms with E-state index in [4.69, 9.17) is 9.47 Å². The normalized spacial score (nSPS) is 23.0. The molecular weight excluding hydrogens is 484 g/mol. The van der Waals surface area contributed by atoms with Gasteiger partial charge in [-0.25, -0.2) is 13.4 Å². The van der Waals surface area contributed by atoms with Crippen LogP contribution in [0.5, 0.6) is 0 Å². The number of amides is 1. The van der Waals surface area contributed by atoms with Gasteiger partial charge in [-0.3, -0.25) is 10.1 Å². The smallest absolute Gasteiger partial charge is 0.257 e. The van der Waals surface area contributed by atoms with Crippen molar-refractivity contribution in [2.24, 2.45) is 11.8 Å². The lowest BCUT2D eigenvalue weighted by atomic mass is 9.98. The van der Waals surface area contributed by atoms with Crippen LogP contribution in [-0.4, -0.2) is 37.5 Å². The Balaban J connectivity index is 1.34. The number of nitrogens with zero attached hydrogens (tertiary/aromatic N) is 1. The number of benzene rings is 1. The zero-order valence-corrected chi connectivity index (χ0v) is 21.8. The number of carbonyl (C=O) groups excluding carboxylic acids is 1. The largest absolute Gasteiger partial charge is 0.347 e. The van der Waals surface area contributed by atoms with Crippen molar-refractivity contribution < 1.29 is 22.7 Å². The predicted octanol–water partition coefficient (Wildman–Crippen LogP) is 5.36. The third kappa shape index (κ3) is 6.02. The van der Waals surface area contributed by atoms with Crippen molar-refractivity contribution in [3.8, 4) is 0 Å². The maximum Gasteiger partial charge on any atom is 0.257 e. The average Bonchev–Trinajstić information content (AvgIpc) is 3.19. The second-order valence-electron chi connectivity index (χ2n) is 10.2. The SMILES string of the molecule is CC1(C)OCC(c2csc(NC(=O)/C(=C/C3CCCC3)c3ccc(S(=O)(=O)CC4CC4)cc3)n2)O1. The average molecular weight is 517 g/mol. The Morgan fingerprint density at radius 1 is 1.17 bits per heavy atom. The highest BCUT2D eigenvalue weighted by Gasteiger charge is 2.35. The molecule has 9 heteroatoms. The minimum Gasteiger partial charge on any atom is -0.347 e. The van der Waals surface area contributed by atoms with Gasteiger partial charge in [0.1, 0.15) is 6.10 Å². The van der Waals surface area contributed by atoms with Crippen LogP contribution in [-0.2, 0) is 24.1 Å². The Morgan fingerprint density at radius 2 is 1.89 bits per heavy atom. The van der Waals surface area contributed by atoms with Gasteiger partial charge in [0, 0.05) is 11.0 Å². The van der Waals surface area contributed by atoms with Crippen LogP contribution in [0.2, 0.25) is 0 Å². The fraction of sp³-hybridized carbons (Fsp3) is 0.538. The van der Waals surface area contributed by atoms with Crippen LogP contribution >= 0.6 is 11.3 Å². The molecule has 0 spiro atoms. The summed E-state index contributed by atoms with van der Waals surface area (Å²) in [4.78, 5) is 18.3.